The van der Waals surface area contributed by atoms with Gasteiger partial charge in [0.25, 0.3) is 0 Å². The molecule has 2 aromatic carbocycles. The van der Waals surface area contributed by atoms with Gasteiger partial charge in [-0.1, -0.05) is 21.6 Å². The Balaban J connectivity index is 1.49. The van der Waals surface area contributed by atoms with Crippen molar-refractivity contribution in [2.75, 3.05) is 19.8 Å². The first-order valence-corrected chi connectivity index (χ1v) is 11.9. The maximum absolute atomic E-state index is 11.4. The minimum Gasteiger partial charge on any atom is -0.488 e. The minimum atomic E-state index is -0.365. The highest BCUT2D eigenvalue weighted by Crippen LogP contribution is 2.40. The predicted molar refractivity (Wildman–Crippen MR) is 117 cm³/mol. The van der Waals surface area contributed by atoms with E-state index >= 15 is 0 Å². The van der Waals surface area contributed by atoms with E-state index in [-0.39, 0.29) is 25.2 Å². The summed E-state index contributed by atoms with van der Waals surface area (Å²) >= 11 is 0. The molecule has 1 heterocycles. The summed E-state index contributed by atoms with van der Waals surface area (Å²) in [5, 5.41) is 0. The van der Waals surface area contributed by atoms with Crippen molar-refractivity contribution < 1.29 is 28.5 Å². The highest BCUT2D eigenvalue weighted by molar-refractivity contribution is 8.76. The third-order valence-electron chi connectivity index (χ3n) is 4.24. The highest BCUT2D eigenvalue weighted by Gasteiger charge is 2.27. The molecule has 0 radical (unpaired) electrons. The van der Waals surface area contributed by atoms with Gasteiger partial charge in [0.15, 0.2) is 19.2 Å². The van der Waals surface area contributed by atoms with Crippen LogP contribution in [-0.2, 0) is 19.0 Å². The largest absolute Gasteiger partial charge is 0.488 e. The fourth-order valence-electron chi connectivity index (χ4n) is 2.78. The summed E-state index contributed by atoms with van der Waals surface area (Å²) in [5.41, 5.74) is 2.03. The van der Waals surface area contributed by atoms with Crippen molar-refractivity contribution in [1.29, 1.82) is 0 Å². The molecule has 0 aromatic heterocycles. The van der Waals surface area contributed by atoms with Crippen molar-refractivity contribution in [3.8, 4) is 11.5 Å². The Hall–Kier alpha value is -1.87. The van der Waals surface area contributed by atoms with Gasteiger partial charge >= 0.3 is 5.97 Å². The zero-order chi connectivity index (χ0) is 21.5. The SMILES string of the molecule is CCOC(=O)COc1ccc(SSc2ccc(OCC3OC(C)O3)c(C)c2)cc1C. The molecule has 162 valence electrons. The summed E-state index contributed by atoms with van der Waals surface area (Å²) in [4.78, 5) is 13.7. The number of benzene rings is 2. The summed E-state index contributed by atoms with van der Waals surface area (Å²) in [6.07, 6.45) is -0.422. The second kappa shape index (κ2) is 10.9. The van der Waals surface area contributed by atoms with Crippen LogP contribution in [0.2, 0.25) is 0 Å². The maximum atomic E-state index is 11.4. The van der Waals surface area contributed by atoms with Gasteiger partial charge in [-0.25, -0.2) is 4.79 Å². The molecular formula is C22H26O6S2. The van der Waals surface area contributed by atoms with Gasteiger partial charge in [0.05, 0.1) is 6.61 Å². The summed E-state index contributed by atoms with van der Waals surface area (Å²) in [6, 6.07) is 12.0. The zero-order valence-corrected chi connectivity index (χ0v) is 19.1. The van der Waals surface area contributed by atoms with Crippen LogP contribution in [0.3, 0.4) is 0 Å². The van der Waals surface area contributed by atoms with E-state index in [9.17, 15) is 4.79 Å². The van der Waals surface area contributed by atoms with Gasteiger partial charge in [-0.3, -0.25) is 0 Å². The summed E-state index contributed by atoms with van der Waals surface area (Å²) in [6.45, 7) is 8.27. The Bertz CT molecular complexity index is 867. The fourth-order valence-corrected chi connectivity index (χ4v) is 4.87. The molecule has 1 fully saturated rings. The van der Waals surface area contributed by atoms with Crippen LogP contribution in [0.1, 0.15) is 25.0 Å². The lowest BCUT2D eigenvalue weighted by atomic mass is 10.2. The molecule has 6 nitrogen and oxygen atoms in total. The molecule has 30 heavy (non-hydrogen) atoms. The minimum absolute atomic E-state index is 0.0817. The van der Waals surface area contributed by atoms with Gasteiger partial charge in [-0.2, -0.15) is 0 Å². The van der Waals surface area contributed by atoms with Crippen LogP contribution in [0.25, 0.3) is 0 Å². The van der Waals surface area contributed by atoms with Gasteiger partial charge in [-0.15, -0.1) is 0 Å². The van der Waals surface area contributed by atoms with E-state index in [1.165, 1.54) is 0 Å². The van der Waals surface area contributed by atoms with E-state index in [0.29, 0.717) is 19.0 Å². The molecule has 0 unspecified atom stereocenters. The van der Waals surface area contributed by atoms with Crippen LogP contribution in [0.15, 0.2) is 46.2 Å². The van der Waals surface area contributed by atoms with E-state index < -0.39 is 0 Å². The van der Waals surface area contributed by atoms with Crippen LogP contribution in [0.5, 0.6) is 11.5 Å². The second-order valence-corrected chi connectivity index (χ2v) is 8.97. The van der Waals surface area contributed by atoms with Crippen molar-refractivity contribution >= 4 is 27.6 Å². The number of ether oxygens (including phenoxy) is 5. The Morgan fingerprint density at radius 1 is 0.967 bits per heavy atom. The van der Waals surface area contributed by atoms with Gasteiger partial charge in [0, 0.05) is 9.79 Å². The number of rotatable bonds is 10. The molecule has 0 amide bonds. The van der Waals surface area contributed by atoms with Crippen molar-refractivity contribution in [1.82, 2.24) is 0 Å². The van der Waals surface area contributed by atoms with Crippen molar-refractivity contribution in [3.63, 3.8) is 0 Å². The highest BCUT2D eigenvalue weighted by atomic mass is 33.1. The molecule has 0 bridgehead atoms. The Kier molecular flexibility index (Phi) is 8.32. The van der Waals surface area contributed by atoms with Gasteiger partial charge in [0.2, 0.25) is 0 Å². The zero-order valence-electron chi connectivity index (χ0n) is 17.5. The topological polar surface area (TPSA) is 63.2 Å². The predicted octanol–water partition coefficient (Wildman–Crippen LogP) is 5.14. The summed E-state index contributed by atoms with van der Waals surface area (Å²) in [5.74, 6) is 1.15. The smallest absolute Gasteiger partial charge is 0.344 e. The van der Waals surface area contributed by atoms with E-state index in [0.717, 1.165) is 26.7 Å². The van der Waals surface area contributed by atoms with Crippen LogP contribution in [0, 0.1) is 13.8 Å². The second-order valence-electron chi connectivity index (χ2n) is 6.70. The lowest BCUT2D eigenvalue weighted by Gasteiger charge is -2.33. The Morgan fingerprint density at radius 3 is 2.03 bits per heavy atom. The lowest BCUT2D eigenvalue weighted by Crippen LogP contribution is -2.42. The lowest BCUT2D eigenvalue weighted by molar-refractivity contribution is -0.380. The third-order valence-corrected chi connectivity index (χ3v) is 6.62. The molecular weight excluding hydrogens is 424 g/mol. The average Bonchev–Trinajstić information content (AvgIpc) is 2.69. The van der Waals surface area contributed by atoms with Crippen LogP contribution >= 0.6 is 21.6 Å². The monoisotopic (exact) mass is 450 g/mol. The first-order chi connectivity index (χ1) is 14.4. The van der Waals surface area contributed by atoms with Crippen LogP contribution in [0.4, 0.5) is 0 Å². The van der Waals surface area contributed by atoms with E-state index in [4.69, 9.17) is 23.7 Å². The summed E-state index contributed by atoms with van der Waals surface area (Å²) in [7, 11) is 3.34. The molecule has 1 aliphatic rings. The van der Waals surface area contributed by atoms with E-state index in [2.05, 4.69) is 6.07 Å². The molecule has 0 N–H and O–H groups in total. The molecule has 1 aliphatic heterocycles. The average molecular weight is 451 g/mol. The fraction of sp³-hybridized carbons (Fsp3) is 0.409. The quantitative estimate of drug-likeness (QED) is 0.364. The van der Waals surface area contributed by atoms with Crippen LogP contribution < -0.4 is 9.47 Å². The standard InChI is InChI=1S/C22H26O6S2/c1-5-24-21(23)12-25-19-8-6-17(10-14(19)2)29-30-18-7-9-20(15(3)11-18)26-13-22-27-16(4)28-22/h6-11,16,22H,5,12-13H2,1-4H3. The Labute approximate surface area is 185 Å². The maximum Gasteiger partial charge on any atom is 0.344 e. The number of hydrogen-bond donors (Lipinski definition) is 0. The number of carbonyl (C=O) groups excluding carboxylic acids is 1. The van der Waals surface area contributed by atoms with Crippen molar-refractivity contribution in [2.24, 2.45) is 0 Å². The molecule has 8 heteroatoms. The molecule has 0 spiro atoms. The molecule has 2 aromatic rings. The van der Waals surface area contributed by atoms with Gasteiger partial charge in [-0.05, 0) is 75.2 Å². The number of carbonyl (C=O) groups is 1. The van der Waals surface area contributed by atoms with Crippen LogP contribution in [-0.4, -0.2) is 38.4 Å². The van der Waals surface area contributed by atoms with E-state index in [1.807, 2.05) is 51.1 Å². The van der Waals surface area contributed by atoms with E-state index in [1.54, 1.807) is 28.5 Å². The summed E-state index contributed by atoms with van der Waals surface area (Å²) < 4.78 is 27.0. The van der Waals surface area contributed by atoms with Crippen molar-refractivity contribution in [2.45, 2.75) is 50.1 Å². The molecule has 0 saturated carbocycles. The molecule has 3 rings (SSSR count). The van der Waals surface area contributed by atoms with Gasteiger partial charge in [0.1, 0.15) is 18.1 Å². The third kappa shape index (κ3) is 6.57. The molecule has 1 saturated heterocycles. The Morgan fingerprint density at radius 2 is 1.53 bits per heavy atom. The number of esters is 1. The van der Waals surface area contributed by atoms with Crippen molar-refractivity contribution in [3.05, 3.63) is 47.5 Å². The first kappa shape index (κ1) is 22.8. The number of hydrogen-bond acceptors (Lipinski definition) is 8. The van der Waals surface area contributed by atoms with Gasteiger partial charge < -0.3 is 23.7 Å². The first-order valence-electron chi connectivity index (χ1n) is 9.72. The number of aryl methyl sites for hydroxylation is 2. The molecule has 0 atom stereocenters. The molecule has 0 aliphatic carbocycles. The normalized spacial score (nSPS) is 17.9.